The third-order valence-corrected chi connectivity index (χ3v) is 3.01. The van der Waals surface area contributed by atoms with Gasteiger partial charge in [-0.15, -0.1) is 0 Å². The molecule has 0 aliphatic carbocycles. The van der Waals surface area contributed by atoms with Crippen LogP contribution in [0.5, 0.6) is 5.75 Å². The Hall–Kier alpha value is -3.28. The van der Waals surface area contributed by atoms with Gasteiger partial charge in [0.15, 0.2) is 5.78 Å². The summed E-state index contributed by atoms with van der Waals surface area (Å²) in [6.07, 6.45) is 0. The first-order valence-electron chi connectivity index (χ1n) is 6.66. The molecule has 0 N–H and O–H groups in total. The van der Waals surface area contributed by atoms with Gasteiger partial charge in [-0.25, -0.2) is 4.79 Å². The maximum Gasteiger partial charge on any atom is 0.338 e. The van der Waals surface area contributed by atoms with Gasteiger partial charge in [-0.2, -0.15) is 0 Å². The van der Waals surface area contributed by atoms with Crippen LogP contribution in [0.3, 0.4) is 0 Å². The first kappa shape index (κ1) is 16.1. The molecule has 0 saturated heterocycles. The minimum absolute atomic E-state index is 0.0661. The van der Waals surface area contributed by atoms with Gasteiger partial charge in [-0.05, 0) is 13.0 Å². The van der Waals surface area contributed by atoms with Crippen LogP contribution in [0.25, 0.3) is 0 Å². The molecule has 0 bridgehead atoms. The van der Waals surface area contributed by atoms with E-state index in [9.17, 15) is 19.7 Å². The number of nitro groups is 1. The van der Waals surface area contributed by atoms with Crippen LogP contribution >= 0.6 is 0 Å². The largest absolute Gasteiger partial charge is 0.422 e. The first-order chi connectivity index (χ1) is 10.9. The summed E-state index contributed by atoms with van der Waals surface area (Å²) in [5.74, 6) is -1.32. The Kier molecular flexibility index (Phi) is 4.66. The number of rotatable bonds is 5. The van der Waals surface area contributed by atoms with E-state index in [1.54, 1.807) is 30.3 Å². The smallest absolute Gasteiger partial charge is 0.338 e. The molecular formula is C17H13NO5. The molecule has 0 aromatic heterocycles. The number of esters is 1. The van der Waals surface area contributed by atoms with E-state index >= 15 is 0 Å². The van der Waals surface area contributed by atoms with Crippen molar-refractivity contribution < 1.29 is 19.2 Å². The Bertz CT molecular complexity index is 796. The molecular weight excluding hydrogens is 298 g/mol. The third-order valence-electron chi connectivity index (χ3n) is 3.01. The monoisotopic (exact) mass is 311 g/mol. The second-order valence-corrected chi connectivity index (χ2v) is 4.80. The zero-order chi connectivity index (χ0) is 17.0. The summed E-state index contributed by atoms with van der Waals surface area (Å²) >= 11 is 0. The van der Waals surface area contributed by atoms with E-state index in [4.69, 9.17) is 4.74 Å². The fourth-order valence-corrected chi connectivity index (χ4v) is 1.83. The van der Waals surface area contributed by atoms with Gasteiger partial charge in [0.1, 0.15) is 5.75 Å². The van der Waals surface area contributed by atoms with Crippen LogP contribution in [0.2, 0.25) is 0 Å². The summed E-state index contributed by atoms with van der Waals surface area (Å²) in [5, 5.41) is 10.9. The lowest BCUT2D eigenvalue weighted by Gasteiger charge is -2.09. The molecule has 2 rings (SSSR count). The number of non-ortho nitro benzene ring substituents is 1. The molecule has 0 aliphatic heterocycles. The van der Waals surface area contributed by atoms with Crippen LogP contribution in [0, 0.1) is 10.1 Å². The average Bonchev–Trinajstić information content (AvgIpc) is 2.54. The molecule has 0 atom stereocenters. The summed E-state index contributed by atoms with van der Waals surface area (Å²) in [6, 6.07) is 11.9. The van der Waals surface area contributed by atoms with Gasteiger partial charge in [0.05, 0.1) is 16.6 Å². The fourth-order valence-electron chi connectivity index (χ4n) is 1.83. The molecule has 0 aliphatic rings. The third kappa shape index (κ3) is 3.68. The Morgan fingerprint density at radius 3 is 2.35 bits per heavy atom. The summed E-state index contributed by atoms with van der Waals surface area (Å²) < 4.78 is 5.08. The zero-order valence-corrected chi connectivity index (χ0v) is 12.3. The van der Waals surface area contributed by atoms with Crippen molar-refractivity contribution in [3.63, 3.8) is 0 Å². The molecule has 0 heterocycles. The molecule has 0 saturated carbocycles. The standard InChI is InChI=1S/C17H13NO5/c1-11(2)17(20)23-15-10-13(18(21)22)8-9-14(15)16(19)12-6-4-3-5-7-12/h3-10H,1H2,2H3. The zero-order valence-electron chi connectivity index (χ0n) is 12.3. The molecule has 0 amide bonds. The van der Waals surface area contributed by atoms with E-state index in [2.05, 4.69) is 6.58 Å². The maximum atomic E-state index is 12.5. The second-order valence-electron chi connectivity index (χ2n) is 4.80. The van der Waals surface area contributed by atoms with E-state index in [1.165, 1.54) is 19.1 Å². The summed E-state index contributed by atoms with van der Waals surface area (Å²) in [4.78, 5) is 34.5. The predicted octanol–water partition coefficient (Wildman–Crippen LogP) is 3.31. The van der Waals surface area contributed by atoms with E-state index in [0.29, 0.717) is 5.56 Å². The van der Waals surface area contributed by atoms with Gasteiger partial charge < -0.3 is 4.74 Å². The number of hydrogen-bond acceptors (Lipinski definition) is 5. The fraction of sp³-hybridized carbons (Fsp3) is 0.0588. The van der Waals surface area contributed by atoms with Crippen LogP contribution in [-0.4, -0.2) is 16.7 Å². The number of carbonyl (C=O) groups is 2. The lowest BCUT2D eigenvalue weighted by molar-refractivity contribution is -0.384. The molecule has 6 nitrogen and oxygen atoms in total. The Labute approximate surface area is 132 Å². The van der Waals surface area contributed by atoms with E-state index in [-0.39, 0.29) is 22.6 Å². The van der Waals surface area contributed by atoms with Crippen molar-refractivity contribution in [1.29, 1.82) is 0 Å². The lowest BCUT2D eigenvalue weighted by Crippen LogP contribution is -2.12. The minimum atomic E-state index is -0.757. The number of hydrogen-bond donors (Lipinski definition) is 0. The van der Waals surface area contributed by atoms with Crippen LogP contribution in [0.1, 0.15) is 22.8 Å². The highest BCUT2D eigenvalue weighted by Gasteiger charge is 2.20. The van der Waals surface area contributed by atoms with E-state index in [0.717, 1.165) is 6.07 Å². The number of nitrogens with zero attached hydrogens (tertiary/aromatic N) is 1. The summed E-state index contributed by atoms with van der Waals surface area (Å²) in [6.45, 7) is 4.89. The molecule has 116 valence electrons. The van der Waals surface area contributed by atoms with Crippen molar-refractivity contribution >= 4 is 17.4 Å². The summed E-state index contributed by atoms with van der Waals surface area (Å²) in [7, 11) is 0. The van der Waals surface area contributed by atoms with Gasteiger partial charge in [0, 0.05) is 17.2 Å². The Balaban J connectivity index is 2.49. The number of nitro benzene ring substituents is 1. The number of benzene rings is 2. The van der Waals surface area contributed by atoms with Crippen molar-refractivity contribution in [3.05, 3.63) is 81.9 Å². The van der Waals surface area contributed by atoms with Gasteiger partial charge in [-0.3, -0.25) is 14.9 Å². The highest BCUT2D eigenvalue weighted by Crippen LogP contribution is 2.27. The Morgan fingerprint density at radius 1 is 1.13 bits per heavy atom. The summed E-state index contributed by atoms with van der Waals surface area (Å²) in [5.41, 5.74) is 0.291. The van der Waals surface area contributed by atoms with Gasteiger partial charge in [0.25, 0.3) is 5.69 Å². The van der Waals surface area contributed by atoms with Gasteiger partial charge in [-0.1, -0.05) is 36.9 Å². The van der Waals surface area contributed by atoms with Crippen molar-refractivity contribution in [2.45, 2.75) is 6.92 Å². The molecule has 2 aromatic carbocycles. The van der Waals surface area contributed by atoms with Gasteiger partial charge >= 0.3 is 5.97 Å². The highest BCUT2D eigenvalue weighted by atomic mass is 16.6. The van der Waals surface area contributed by atoms with E-state index < -0.39 is 16.7 Å². The molecule has 0 fully saturated rings. The maximum absolute atomic E-state index is 12.5. The highest BCUT2D eigenvalue weighted by molar-refractivity contribution is 6.11. The van der Waals surface area contributed by atoms with Crippen LogP contribution in [0.15, 0.2) is 60.7 Å². The molecule has 0 spiro atoms. The van der Waals surface area contributed by atoms with Crippen LogP contribution < -0.4 is 4.74 Å². The van der Waals surface area contributed by atoms with E-state index in [1.807, 2.05) is 0 Å². The minimum Gasteiger partial charge on any atom is -0.422 e. The van der Waals surface area contributed by atoms with Crippen LogP contribution in [0.4, 0.5) is 5.69 Å². The quantitative estimate of drug-likeness (QED) is 0.211. The number of ether oxygens (including phenoxy) is 1. The van der Waals surface area contributed by atoms with Gasteiger partial charge in [0.2, 0.25) is 0 Å². The van der Waals surface area contributed by atoms with Crippen LogP contribution in [-0.2, 0) is 4.79 Å². The Morgan fingerprint density at radius 2 is 1.78 bits per heavy atom. The molecule has 0 radical (unpaired) electrons. The second kappa shape index (κ2) is 6.65. The molecule has 2 aromatic rings. The average molecular weight is 311 g/mol. The molecule has 23 heavy (non-hydrogen) atoms. The topological polar surface area (TPSA) is 86.5 Å². The lowest BCUT2D eigenvalue weighted by atomic mass is 10.0. The van der Waals surface area contributed by atoms with Crippen molar-refractivity contribution in [2.75, 3.05) is 0 Å². The first-order valence-corrected chi connectivity index (χ1v) is 6.66. The molecule has 6 heteroatoms. The van der Waals surface area contributed by atoms with Crippen molar-refractivity contribution in [1.82, 2.24) is 0 Å². The number of ketones is 1. The normalized spacial score (nSPS) is 9.96. The number of carbonyl (C=O) groups excluding carboxylic acids is 2. The molecule has 0 unspecified atom stereocenters. The van der Waals surface area contributed by atoms with Crippen molar-refractivity contribution in [2.24, 2.45) is 0 Å². The van der Waals surface area contributed by atoms with Crippen molar-refractivity contribution in [3.8, 4) is 5.75 Å². The SMILES string of the molecule is C=C(C)C(=O)Oc1cc([N+](=O)[O-])ccc1C(=O)c1ccccc1. The predicted molar refractivity (Wildman–Crippen MR) is 83.4 cm³/mol.